The highest BCUT2D eigenvalue weighted by atomic mass is 19.1. The summed E-state index contributed by atoms with van der Waals surface area (Å²) in [6.07, 6.45) is -0.607. The Labute approximate surface area is 230 Å². The molecule has 0 bridgehead atoms. The second-order valence-corrected chi connectivity index (χ2v) is 9.40. The second-order valence-electron chi connectivity index (χ2n) is 9.40. The number of ether oxygens (including phenoxy) is 1. The maximum absolute atomic E-state index is 14.9. The molecule has 1 aliphatic rings. The molecule has 2 atom stereocenters. The van der Waals surface area contributed by atoms with Crippen molar-refractivity contribution in [1.29, 1.82) is 5.26 Å². The first-order valence-corrected chi connectivity index (χ1v) is 12.6. The van der Waals surface area contributed by atoms with Crippen molar-refractivity contribution in [3.8, 4) is 22.9 Å². The van der Waals surface area contributed by atoms with E-state index in [-0.39, 0.29) is 23.0 Å². The number of fused-ring (bicyclic) bond motifs is 2. The van der Waals surface area contributed by atoms with E-state index in [2.05, 4.69) is 20.2 Å². The van der Waals surface area contributed by atoms with Gasteiger partial charge >= 0.3 is 0 Å². The zero-order valence-corrected chi connectivity index (χ0v) is 22.7. The number of anilines is 1. The van der Waals surface area contributed by atoms with Gasteiger partial charge in [-0.2, -0.15) is 5.26 Å². The molecule has 0 saturated heterocycles. The minimum absolute atomic E-state index is 0.0457. The van der Waals surface area contributed by atoms with Crippen LogP contribution in [0.15, 0.2) is 42.7 Å². The molecule has 0 saturated carbocycles. The van der Waals surface area contributed by atoms with Crippen molar-refractivity contribution in [1.82, 2.24) is 19.3 Å². The maximum Gasteiger partial charge on any atom is 0.278 e. The van der Waals surface area contributed by atoms with E-state index < -0.39 is 29.7 Å². The van der Waals surface area contributed by atoms with Crippen molar-refractivity contribution in [2.75, 3.05) is 19.4 Å². The molecule has 11 nitrogen and oxygen atoms in total. The molecule has 0 radical (unpaired) electrons. The zero-order valence-electron chi connectivity index (χ0n) is 22.7. The molecule has 4 aromatic rings. The number of nitriles is 1. The number of hydrogen-bond acceptors (Lipinski definition) is 10. The van der Waals surface area contributed by atoms with Gasteiger partial charge in [0.1, 0.15) is 23.7 Å². The van der Waals surface area contributed by atoms with Crippen LogP contribution in [-0.2, 0) is 12.5 Å². The van der Waals surface area contributed by atoms with Crippen LogP contribution >= 0.6 is 0 Å². The van der Waals surface area contributed by atoms with Gasteiger partial charge in [0, 0.05) is 23.9 Å². The standard InChI is InChI=1S/C26H25FN6O5.C2H6/c1-13-8-14(11-32(2)3)4-5-16(13)17-10-29-25(33-12-15(9-28)30-23(17)33)31-26(36,37)21-18(27)6-7-19-20(21)22(34)24(35)38-19;1-2/h4-8,10,12,22,24,34-37H,11H2,1-3H3,(H,29,31);1-2H3. The third-order valence-corrected chi connectivity index (χ3v) is 6.29. The Morgan fingerprint density at radius 3 is 2.55 bits per heavy atom. The summed E-state index contributed by atoms with van der Waals surface area (Å²) in [5, 5.41) is 53.9. The highest BCUT2D eigenvalue weighted by Crippen LogP contribution is 2.42. The minimum Gasteiger partial charge on any atom is -0.462 e. The zero-order chi connectivity index (χ0) is 29.4. The molecule has 40 heavy (non-hydrogen) atoms. The Morgan fingerprint density at radius 2 is 1.90 bits per heavy atom. The van der Waals surface area contributed by atoms with Crippen molar-refractivity contribution in [3.63, 3.8) is 0 Å². The highest BCUT2D eigenvalue weighted by molar-refractivity contribution is 5.80. The summed E-state index contributed by atoms with van der Waals surface area (Å²) in [7, 11) is 3.95. The van der Waals surface area contributed by atoms with E-state index in [4.69, 9.17) is 4.74 Å². The van der Waals surface area contributed by atoms with Gasteiger partial charge in [-0.25, -0.2) is 14.4 Å². The molecule has 210 valence electrons. The predicted octanol–water partition coefficient (Wildman–Crippen LogP) is 2.75. The van der Waals surface area contributed by atoms with Gasteiger partial charge < -0.3 is 35.4 Å². The molecule has 0 fully saturated rings. The van der Waals surface area contributed by atoms with Gasteiger partial charge in [-0.3, -0.25) is 4.40 Å². The molecule has 1 aliphatic heterocycles. The number of rotatable bonds is 6. The number of aliphatic hydroxyl groups is 4. The number of halogens is 1. The number of imidazole rings is 1. The summed E-state index contributed by atoms with van der Waals surface area (Å²) in [5.74, 6) is -4.45. The lowest BCUT2D eigenvalue weighted by Gasteiger charge is -2.27. The Morgan fingerprint density at radius 1 is 1.18 bits per heavy atom. The fourth-order valence-corrected chi connectivity index (χ4v) is 4.69. The van der Waals surface area contributed by atoms with Crippen LogP contribution in [-0.4, -0.2) is 60.1 Å². The molecule has 0 amide bonds. The van der Waals surface area contributed by atoms with E-state index in [0.717, 1.165) is 35.4 Å². The van der Waals surface area contributed by atoms with E-state index in [1.54, 1.807) is 0 Å². The number of hydrogen-bond donors (Lipinski definition) is 5. The molecule has 0 spiro atoms. The van der Waals surface area contributed by atoms with Gasteiger partial charge in [0.05, 0.1) is 11.8 Å². The lowest BCUT2D eigenvalue weighted by Crippen LogP contribution is -2.38. The minimum atomic E-state index is -3.11. The number of aliphatic hydroxyl groups excluding tert-OH is 2. The Hall–Kier alpha value is -4.12. The monoisotopic (exact) mass is 550 g/mol. The molecule has 2 unspecified atom stereocenters. The van der Waals surface area contributed by atoms with E-state index in [0.29, 0.717) is 11.2 Å². The van der Waals surface area contributed by atoms with Crippen molar-refractivity contribution in [3.05, 3.63) is 76.5 Å². The van der Waals surface area contributed by atoms with Crippen molar-refractivity contribution in [2.45, 2.75) is 45.6 Å². The normalized spacial score (nSPS) is 16.2. The molecular weight excluding hydrogens is 519 g/mol. The van der Waals surface area contributed by atoms with E-state index >= 15 is 0 Å². The summed E-state index contributed by atoms with van der Waals surface area (Å²) in [5.41, 5.74) is 2.74. The van der Waals surface area contributed by atoms with Gasteiger partial charge in [-0.05, 0) is 49.8 Å². The molecule has 2 aromatic carbocycles. The molecule has 3 heterocycles. The predicted molar refractivity (Wildman–Crippen MR) is 144 cm³/mol. The maximum atomic E-state index is 14.9. The smallest absolute Gasteiger partial charge is 0.278 e. The molecule has 12 heteroatoms. The van der Waals surface area contributed by atoms with Crippen molar-refractivity contribution >= 4 is 11.6 Å². The SMILES string of the molecule is CC.Cc1cc(CN(C)C)ccc1-c1cnc(NC(O)(O)c2c(F)ccc3c2C(O)C(O)O3)n2cc(C#N)nc12. The topological polar surface area (TPSA) is 159 Å². The first-order valence-electron chi connectivity index (χ1n) is 12.6. The van der Waals surface area contributed by atoms with Crippen LogP contribution < -0.4 is 10.1 Å². The quantitative estimate of drug-likeness (QED) is 0.226. The van der Waals surface area contributed by atoms with E-state index in [1.165, 1.54) is 16.8 Å². The van der Waals surface area contributed by atoms with Crippen LogP contribution in [0.1, 0.15) is 47.9 Å². The lowest BCUT2D eigenvalue weighted by atomic mass is 9.99. The second kappa shape index (κ2) is 11.2. The van der Waals surface area contributed by atoms with Gasteiger partial charge in [0.25, 0.3) is 5.91 Å². The molecular formula is C28H31FN6O5. The number of nitrogens with one attached hydrogen (secondary N) is 1. The third kappa shape index (κ3) is 5.21. The van der Waals surface area contributed by atoms with Crippen molar-refractivity contribution in [2.24, 2.45) is 0 Å². The molecule has 5 N–H and O–H groups in total. The Kier molecular flexibility index (Phi) is 8.06. The van der Waals surface area contributed by atoms with Gasteiger partial charge in [0.2, 0.25) is 12.2 Å². The lowest BCUT2D eigenvalue weighted by molar-refractivity contribution is -0.148. The van der Waals surface area contributed by atoms with Crippen LogP contribution in [0.5, 0.6) is 5.75 Å². The van der Waals surface area contributed by atoms with Crippen LogP contribution in [0.2, 0.25) is 0 Å². The number of aryl methyl sites for hydroxylation is 1. The fraction of sp³-hybridized carbons (Fsp3) is 0.321. The van der Waals surface area contributed by atoms with E-state index in [1.807, 2.05) is 59.1 Å². The van der Waals surface area contributed by atoms with Gasteiger partial charge in [0.15, 0.2) is 11.3 Å². The van der Waals surface area contributed by atoms with Gasteiger partial charge in [-0.15, -0.1) is 0 Å². The largest absolute Gasteiger partial charge is 0.462 e. The fourth-order valence-electron chi connectivity index (χ4n) is 4.69. The summed E-state index contributed by atoms with van der Waals surface area (Å²) in [6.45, 7) is 6.70. The van der Waals surface area contributed by atoms with Crippen LogP contribution in [0.25, 0.3) is 16.8 Å². The Bertz CT molecular complexity index is 1600. The third-order valence-electron chi connectivity index (χ3n) is 6.29. The summed E-state index contributed by atoms with van der Waals surface area (Å²) in [6, 6.07) is 9.99. The molecule has 5 rings (SSSR count). The summed E-state index contributed by atoms with van der Waals surface area (Å²) >= 11 is 0. The average molecular weight is 551 g/mol. The Balaban J connectivity index is 0.00000181. The number of nitrogens with zero attached hydrogens (tertiary/aromatic N) is 5. The first kappa shape index (κ1) is 28.9. The van der Waals surface area contributed by atoms with E-state index in [9.17, 15) is 30.1 Å². The summed E-state index contributed by atoms with van der Waals surface area (Å²) in [4.78, 5) is 10.7. The van der Waals surface area contributed by atoms with Crippen LogP contribution in [0.3, 0.4) is 0 Å². The average Bonchev–Trinajstić information content (AvgIpc) is 3.47. The van der Waals surface area contributed by atoms with Crippen molar-refractivity contribution < 1.29 is 29.6 Å². The number of aromatic nitrogens is 3. The van der Waals surface area contributed by atoms with Gasteiger partial charge in [-0.1, -0.05) is 32.0 Å². The molecule has 2 aromatic heterocycles. The van der Waals surface area contributed by atoms with Crippen LogP contribution in [0.4, 0.5) is 10.3 Å². The summed E-state index contributed by atoms with van der Waals surface area (Å²) < 4.78 is 21.3. The highest BCUT2D eigenvalue weighted by Gasteiger charge is 2.43. The first-order chi connectivity index (χ1) is 19.0. The van der Waals surface area contributed by atoms with Crippen LogP contribution in [0, 0.1) is 24.1 Å². The molecule has 0 aliphatic carbocycles. The number of benzene rings is 2.